The minimum Gasteiger partial charge on any atom is -0.478 e. The van der Waals surface area contributed by atoms with Crippen molar-refractivity contribution in [1.82, 2.24) is 9.97 Å². The topological polar surface area (TPSA) is 47.0 Å². The van der Waals surface area contributed by atoms with Crippen LogP contribution in [0.2, 0.25) is 0 Å². The maximum Gasteiger partial charge on any atom is 0.226 e. The van der Waals surface area contributed by atoms with Gasteiger partial charge in [0.05, 0.1) is 12.6 Å². The fraction of sp³-hybridized carbons (Fsp3) is 0.429. The molecule has 2 aromatic heterocycles. The van der Waals surface area contributed by atoms with Crippen molar-refractivity contribution in [1.29, 1.82) is 0 Å². The second kappa shape index (κ2) is 6.52. The molecule has 0 saturated carbocycles. The van der Waals surface area contributed by atoms with Gasteiger partial charge in [-0.05, 0) is 31.7 Å². The molecule has 0 amide bonds. The lowest BCUT2D eigenvalue weighted by molar-refractivity contribution is 0.305. The molecule has 1 unspecified atom stereocenters. The fourth-order valence-corrected chi connectivity index (χ4v) is 2.42. The molecule has 0 spiro atoms. The predicted molar refractivity (Wildman–Crippen MR) is 78.9 cm³/mol. The van der Waals surface area contributed by atoms with Crippen molar-refractivity contribution in [2.24, 2.45) is 0 Å². The van der Waals surface area contributed by atoms with Gasteiger partial charge in [0.25, 0.3) is 0 Å². The Hall–Kier alpha value is -1.62. The van der Waals surface area contributed by atoms with Gasteiger partial charge >= 0.3 is 0 Å². The number of rotatable bonds is 6. The minimum absolute atomic E-state index is 0.195. The standard InChI is InChI=1S/C14H19N3OS/c1-4-7-18-13-9-10(2)15-14(17-13)16-11(3)12-6-5-8-19-12/h5-6,8-9,11H,4,7H2,1-3H3,(H,15,16,17). The summed E-state index contributed by atoms with van der Waals surface area (Å²) in [6, 6.07) is 6.20. The van der Waals surface area contributed by atoms with Crippen LogP contribution >= 0.6 is 11.3 Å². The van der Waals surface area contributed by atoms with Crippen molar-refractivity contribution >= 4 is 17.3 Å². The van der Waals surface area contributed by atoms with E-state index in [9.17, 15) is 0 Å². The van der Waals surface area contributed by atoms with E-state index >= 15 is 0 Å². The smallest absolute Gasteiger partial charge is 0.226 e. The van der Waals surface area contributed by atoms with Crippen LogP contribution in [-0.2, 0) is 0 Å². The summed E-state index contributed by atoms with van der Waals surface area (Å²) in [5.41, 5.74) is 0.905. The van der Waals surface area contributed by atoms with Crippen LogP contribution < -0.4 is 10.1 Å². The molecule has 0 aromatic carbocycles. The zero-order valence-electron chi connectivity index (χ0n) is 11.5. The lowest BCUT2D eigenvalue weighted by atomic mass is 10.3. The Morgan fingerprint density at radius 1 is 1.42 bits per heavy atom. The summed E-state index contributed by atoms with van der Waals surface area (Å²) in [6.07, 6.45) is 0.970. The molecule has 19 heavy (non-hydrogen) atoms. The third-order valence-corrected chi connectivity index (χ3v) is 3.66. The Labute approximate surface area is 117 Å². The van der Waals surface area contributed by atoms with Crippen LogP contribution in [0, 0.1) is 6.92 Å². The van der Waals surface area contributed by atoms with E-state index in [0.29, 0.717) is 18.4 Å². The highest BCUT2D eigenvalue weighted by atomic mass is 32.1. The van der Waals surface area contributed by atoms with E-state index in [-0.39, 0.29) is 6.04 Å². The molecule has 0 aliphatic heterocycles. The number of hydrogen-bond donors (Lipinski definition) is 1. The van der Waals surface area contributed by atoms with E-state index in [1.807, 2.05) is 19.1 Å². The second-order valence-corrected chi connectivity index (χ2v) is 5.38. The highest BCUT2D eigenvalue weighted by Gasteiger charge is 2.09. The van der Waals surface area contributed by atoms with Crippen LogP contribution in [0.25, 0.3) is 0 Å². The molecule has 2 aromatic rings. The lowest BCUT2D eigenvalue weighted by Crippen LogP contribution is -2.10. The van der Waals surface area contributed by atoms with Crippen LogP contribution in [0.15, 0.2) is 23.6 Å². The lowest BCUT2D eigenvalue weighted by Gasteiger charge is -2.13. The van der Waals surface area contributed by atoms with E-state index in [1.54, 1.807) is 11.3 Å². The number of nitrogens with one attached hydrogen (secondary N) is 1. The SMILES string of the molecule is CCCOc1cc(C)nc(NC(C)c2cccs2)n1. The van der Waals surface area contributed by atoms with Gasteiger partial charge in [0.15, 0.2) is 0 Å². The first-order chi connectivity index (χ1) is 9.19. The Balaban J connectivity index is 2.09. The minimum atomic E-state index is 0.195. The molecule has 1 N–H and O–H groups in total. The summed E-state index contributed by atoms with van der Waals surface area (Å²) in [7, 11) is 0. The van der Waals surface area contributed by atoms with Crippen LogP contribution in [0.5, 0.6) is 5.88 Å². The normalized spacial score (nSPS) is 12.2. The average molecular weight is 277 g/mol. The molecule has 0 radical (unpaired) electrons. The van der Waals surface area contributed by atoms with Crippen molar-refractivity contribution in [3.05, 3.63) is 34.2 Å². The second-order valence-electron chi connectivity index (χ2n) is 4.40. The first-order valence-electron chi connectivity index (χ1n) is 6.47. The van der Waals surface area contributed by atoms with Gasteiger partial charge in [0.1, 0.15) is 0 Å². The number of hydrogen-bond acceptors (Lipinski definition) is 5. The maximum absolute atomic E-state index is 5.56. The Bertz CT molecular complexity index is 513. The highest BCUT2D eigenvalue weighted by Crippen LogP contribution is 2.22. The first kappa shape index (κ1) is 13.8. The van der Waals surface area contributed by atoms with Gasteiger partial charge in [-0.15, -0.1) is 11.3 Å². The Morgan fingerprint density at radius 2 is 2.26 bits per heavy atom. The summed E-state index contributed by atoms with van der Waals surface area (Å²) in [6.45, 7) is 6.80. The summed E-state index contributed by atoms with van der Waals surface area (Å²) in [5, 5.41) is 5.38. The van der Waals surface area contributed by atoms with Gasteiger partial charge in [0, 0.05) is 16.6 Å². The number of anilines is 1. The predicted octanol–water partition coefficient (Wildman–Crippen LogP) is 3.81. The molecule has 4 nitrogen and oxygen atoms in total. The van der Waals surface area contributed by atoms with Crippen molar-refractivity contribution in [2.45, 2.75) is 33.2 Å². The van der Waals surface area contributed by atoms with Gasteiger partial charge in [-0.1, -0.05) is 13.0 Å². The molecule has 0 aliphatic carbocycles. The van der Waals surface area contributed by atoms with E-state index in [2.05, 4.69) is 40.6 Å². The maximum atomic E-state index is 5.56. The molecule has 0 aliphatic rings. The molecule has 0 fully saturated rings. The van der Waals surface area contributed by atoms with Gasteiger partial charge < -0.3 is 10.1 Å². The number of aromatic nitrogens is 2. The molecular weight excluding hydrogens is 258 g/mol. The zero-order chi connectivity index (χ0) is 13.7. The van der Waals surface area contributed by atoms with Crippen LogP contribution in [0.4, 0.5) is 5.95 Å². The van der Waals surface area contributed by atoms with Crippen LogP contribution in [0.1, 0.15) is 36.9 Å². The fourth-order valence-electron chi connectivity index (χ4n) is 1.69. The van der Waals surface area contributed by atoms with Crippen molar-refractivity contribution in [2.75, 3.05) is 11.9 Å². The first-order valence-corrected chi connectivity index (χ1v) is 7.35. The van der Waals surface area contributed by atoms with Crippen molar-refractivity contribution in [3.63, 3.8) is 0 Å². The van der Waals surface area contributed by atoms with E-state index in [4.69, 9.17) is 4.74 Å². The molecule has 102 valence electrons. The largest absolute Gasteiger partial charge is 0.478 e. The number of aryl methyl sites for hydroxylation is 1. The van der Waals surface area contributed by atoms with Gasteiger partial charge in [-0.2, -0.15) is 4.98 Å². The number of nitrogens with zero attached hydrogens (tertiary/aromatic N) is 2. The average Bonchev–Trinajstić information content (AvgIpc) is 2.89. The molecule has 0 bridgehead atoms. The molecule has 1 atom stereocenters. The summed E-state index contributed by atoms with van der Waals surface area (Å²) < 4.78 is 5.56. The van der Waals surface area contributed by atoms with Gasteiger partial charge in [0.2, 0.25) is 11.8 Å². The monoisotopic (exact) mass is 277 g/mol. The molecule has 5 heteroatoms. The van der Waals surface area contributed by atoms with Crippen molar-refractivity contribution < 1.29 is 4.74 Å². The number of thiophene rings is 1. The summed E-state index contributed by atoms with van der Waals surface area (Å²) in [4.78, 5) is 10.0. The molecule has 2 rings (SSSR count). The quantitative estimate of drug-likeness (QED) is 0.872. The van der Waals surface area contributed by atoms with E-state index < -0.39 is 0 Å². The van der Waals surface area contributed by atoms with Crippen LogP contribution in [0.3, 0.4) is 0 Å². The summed E-state index contributed by atoms with van der Waals surface area (Å²) >= 11 is 1.72. The van der Waals surface area contributed by atoms with E-state index in [0.717, 1.165) is 12.1 Å². The zero-order valence-corrected chi connectivity index (χ0v) is 12.3. The van der Waals surface area contributed by atoms with Gasteiger partial charge in [-0.3, -0.25) is 0 Å². The molecule has 0 saturated heterocycles. The Morgan fingerprint density at radius 3 is 2.95 bits per heavy atom. The van der Waals surface area contributed by atoms with E-state index in [1.165, 1.54) is 4.88 Å². The molecular formula is C14H19N3OS. The third-order valence-electron chi connectivity index (χ3n) is 2.60. The van der Waals surface area contributed by atoms with Gasteiger partial charge in [-0.25, -0.2) is 4.98 Å². The third kappa shape index (κ3) is 3.92. The molecule has 2 heterocycles. The van der Waals surface area contributed by atoms with Crippen LogP contribution in [-0.4, -0.2) is 16.6 Å². The van der Waals surface area contributed by atoms with Crippen molar-refractivity contribution in [3.8, 4) is 5.88 Å². The Kier molecular flexibility index (Phi) is 4.74. The highest BCUT2D eigenvalue weighted by molar-refractivity contribution is 7.10. The number of ether oxygens (including phenoxy) is 1. The summed E-state index contributed by atoms with van der Waals surface area (Å²) in [5.74, 6) is 1.25.